The van der Waals surface area contributed by atoms with Crippen molar-refractivity contribution in [2.24, 2.45) is 5.92 Å². The lowest BCUT2D eigenvalue weighted by Crippen LogP contribution is -2.38. The highest BCUT2D eigenvalue weighted by atomic mass is 16.5. The van der Waals surface area contributed by atoms with Gasteiger partial charge in [0.2, 0.25) is 0 Å². The van der Waals surface area contributed by atoms with Gasteiger partial charge in [-0.15, -0.1) is 0 Å². The quantitative estimate of drug-likeness (QED) is 0.854. The van der Waals surface area contributed by atoms with E-state index in [-0.39, 0.29) is 5.91 Å². The van der Waals surface area contributed by atoms with Gasteiger partial charge in [-0.05, 0) is 30.4 Å². The standard InChI is InChI=1S/C16H25NO2/c1-11(2)10-17-16(18)13(5)19-15-9-7-6-8-14(15)12(3)4/h6-9,11-13H,10H2,1-5H3,(H,17,18). The Labute approximate surface area is 116 Å². The van der Waals surface area contributed by atoms with E-state index in [0.29, 0.717) is 18.4 Å². The summed E-state index contributed by atoms with van der Waals surface area (Å²) < 4.78 is 5.79. The second-order valence-electron chi connectivity index (χ2n) is 5.59. The van der Waals surface area contributed by atoms with E-state index in [1.54, 1.807) is 6.92 Å². The van der Waals surface area contributed by atoms with Crippen LogP contribution in [0.25, 0.3) is 0 Å². The topological polar surface area (TPSA) is 38.3 Å². The van der Waals surface area contributed by atoms with Gasteiger partial charge >= 0.3 is 0 Å². The summed E-state index contributed by atoms with van der Waals surface area (Å²) in [5, 5.41) is 2.89. The summed E-state index contributed by atoms with van der Waals surface area (Å²) in [6, 6.07) is 7.88. The SMILES string of the molecule is CC(C)CNC(=O)C(C)Oc1ccccc1C(C)C. The maximum absolute atomic E-state index is 11.9. The molecule has 1 aromatic carbocycles. The second kappa shape index (κ2) is 7.17. The molecule has 1 rings (SSSR count). The van der Waals surface area contributed by atoms with E-state index >= 15 is 0 Å². The van der Waals surface area contributed by atoms with Crippen molar-refractivity contribution >= 4 is 5.91 Å². The third-order valence-electron chi connectivity index (χ3n) is 2.90. The minimum atomic E-state index is -0.473. The Kier molecular flexibility index (Phi) is 5.87. The Hall–Kier alpha value is -1.51. The first kappa shape index (κ1) is 15.5. The fourth-order valence-corrected chi connectivity index (χ4v) is 1.76. The summed E-state index contributed by atoms with van der Waals surface area (Å²) in [7, 11) is 0. The Morgan fingerprint density at radius 3 is 2.37 bits per heavy atom. The zero-order valence-electron chi connectivity index (χ0n) is 12.6. The molecule has 0 aliphatic rings. The van der Waals surface area contributed by atoms with Crippen LogP contribution in [-0.4, -0.2) is 18.6 Å². The monoisotopic (exact) mass is 263 g/mol. The van der Waals surface area contributed by atoms with Gasteiger partial charge in [-0.1, -0.05) is 45.9 Å². The number of carbonyl (C=O) groups is 1. The van der Waals surface area contributed by atoms with Crippen molar-refractivity contribution in [2.45, 2.75) is 46.6 Å². The molecule has 3 heteroatoms. The number of hydrogen-bond acceptors (Lipinski definition) is 2. The van der Waals surface area contributed by atoms with E-state index in [0.717, 1.165) is 11.3 Å². The van der Waals surface area contributed by atoms with Crippen LogP contribution in [-0.2, 0) is 4.79 Å². The summed E-state index contributed by atoms with van der Waals surface area (Å²) in [4.78, 5) is 11.9. The fourth-order valence-electron chi connectivity index (χ4n) is 1.76. The smallest absolute Gasteiger partial charge is 0.260 e. The van der Waals surface area contributed by atoms with Crippen molar-refractivity contribution < 1.29 is 9.53 Å². The van der Waals surface area contributed by atoms with Crippen LogP contribution >= 0.6 is 0 Å². The summed E-state index contributed by atoms with van der Waals surface area (Å²) in [5.41, 5.74) is 1.13. The minimum Gasteiger partial charge on any atom is -0.481 e. The summed E-state index contributed by atoms with van der Waals surface area (Å²) in [6.45, 7) is 10.8. The van der Waals surface area contributed by atoms with Crippen LogP contribution in [0.4, 0.5) is 0 Å². The number of carbonyl (C=O) groups excluding carboxylic acids is 1. The average Bonchev–Trinajstić information content (AvgIpc) is 2.36. The number of rotatable bonds is 6. The fraction of sp³-hybridized carbons (Fsp3) is 0.562. The molecule has 1 amide bonds. The lowest BCUT2D eigenvalue weighted by molar-refractivity contribution is -0.127. The molecule has 1 N–H and O–H groups in total. The molecular formula is C16H25NO2. The number of hydrogen-bond donors (Lipinski definition) is 1. The van der Waals surface area contributed by atoms with Gasteiger partial charge < -0.3 is 10.1 Å². The lowest BCUT2D eigenvalue weighted by atomic mass is 10.0. The maximum Gasteiger partial charge on any atom is 0.260 e. The number of amides is 1. The number of para-hydroxylation sites is 1. The Bertz CT molecular complexity index is 413. The third-order valence-corrected chi connectivity index (χ3v) is 2.90. The molecule has 0 radical (unpaired) electrons. The molecule has 19 heavy (non-hydrogen) atoms. The Balaban J connectivity index is 2.66. The molecule has 0 saturated carbocycles. The molecule has 1 unspecified atom stereocenters. The van der Waals surface area contributed by atoms with Gasteiger partial charge in [-0.25, -0.2) is 0 Å². The first-order valence-corrected chi connectivity index (χ1v) is 6.95. The highest BCUT2D eigenvalue weighted by Gasteiger charge is 2.16. The Morgan fingerprint density at radius 1 is 1.16 bits per heavy atom. The van der Waals surface area contributed by atoms with Gasteiger partial charge in [0.25, 0.3) is 5.91 Å². The molecular weight excluding hydrogens is 238 g/mol. The van der Waals surface area contributed by atoms with Crippen molar-refractivity contribution in [3.05, 3.63) is 29.8 Å². The van der Waals surface area contributed by atoms with Gasteiger partial charge in [-0.3, -0.25) is 4.79 Å². The van der Waals surface area contributed by atoms with Crippen LogP contribution < -0.4 is 10.1 Å². The number of nitrogens with one attached hydrogen (secondary N) is 1. The average molecular weight is 263 g/mol. The van der Waals surface area contributed by atoms with Crippen molar-refractivity contribution in [3.8, 4) is 5.75 Å². The third kappa shape index (κ3) is 4.93. The van der Waals surface area contributed by atoms with Gasteiger partial charge in [0, 0.05) is 6.54 Å². The molecule has 1 atom stereocenters. The molecule has 0 aromatic heterocycles. The summed E-state index contributed by atoms with van der Waals surface area (Å²) in [5.74, 6) is 1.55. The molecule has 1 aromatic rings. The minimum absolute atomic E-state index is 0.0627. The van der Waals surface area contributed by atoms with Crippen molar-refractivity contribution in [2.75, 3.05) is 6.54 Å². The van der Waals surface area contributed by atoms with E-state index < -0.39 is 6.10 Å². The van der Waals surface area contributed by atoms with E-state index in [9.17, 15) is 4.79 Å². The van der Waals surface area contributed by atoms with E-state index in [1.165, 1.54) is 0 Å². The van der Waals surface area contributed by atoms with Crippen molar-refractivity contribution in [1.82, 2.24) is 5.32 Å². The van der Waals surface area contributed by atoms with Crippen LogP contribution in [0.5, 0.6) is 5.75 Å². The van der Waals surface area contributed by atoms with Gasteiger partial charge in [0.05, 0.1) is 0 Å². The zero-order chi connectivity index (χ0) is 14.4. The van der Waals surface area contributed by atoms with E-state index in [2.05, 4.69) is 33.0 Å². The molecule has 0 bridgehead atoms. The lowest BCUT2D eigenvalue weighted by Gasteiger charge is -2.19. The highest BCUT2D eigenvalue weighted by molar-refractivity contribution is 5.80. The predicted octanol–water partition coefficient (Wildman–Crippen LogP) is 3.35. The van der Waals surface area contributed by atoms with Gasteiger partial charge in [-0.2, -0.15) is 0 Å². The van der Waals surface area contributed by atoms with Crippen LogP contribution in [0.3, 0.4) is 0 Å². The van der Waals surface area contributed by atoms with Crippen molar-refractivity contribution in [1.29, 1.82) is 0 Å². The summed E-state index contributed by atoms with van der Waals surface area (Å²) in [6.07, 6.45) is -0.473. The highest BCUT2D eigenvalue weighted by Crippen LogP contribution is 2.26. The van der Waals surface area contributed by atoms with Crippen LogP contribution in [0.2, 0.25) is 0 Å². The molecule has 0 aliphatic carbocycles. The molecule has 106 valence electrons. The molecule has 3 nitrogen and oxygen atoms in total. The van der Waals surface area contributed by atoms with Crippen LogP contribution in [0, 0.1) is 5.92 Å². The molecule has 0 saturated heterocycles. The van der Waals surface area contributed by atoms with E-state index in [4.69, 9.17) is 4.74 Å². The van der Waals surface area contributed by atoms with E-state index in [1.807, 2.05) is 24.3 Å². The number of ether oxygens (including phenoxy) is 1. The Morgan fingerprint density at radius 2 is 1.79 bits per heavy atom. The first-order chi connectivity index (χ1) is 8.91. The predicted molar refractivity (Wildman–Crippen MR) is 78.5 cm³/mol. The first-order valence-electron chi connectivity index (χ1n) is 6.95. The van der Waals surface area contributed by atoms with Gasteiger partial charge in [0.1, 0.15) is 5.75 Å². The molecule has 0 aliphatic heterocycles. The molecule has 0 heterocycles. The zero-order valence-corrected chi connectivity index (χ0v) is 12.6. The van der Waals surface area contributed by atoms with Gasteiger partial charge in [0.15, 0.2) is 6.10 Å². The summed E-state index contributed by atoms with van der Waals surface area (Å²) >= 11 is 0. The normalized spacial score (nSPS) is 12.6. The number of benzene rings is 1. The maximum atomic E-state index is 11.9. The molecule has 0 fully saturated rings. The van der Waals surface area contributed by atoms with Crippen LogP contribution in [0.1, 0.15) is 46.1 Å². The second-order valence-corrected chi connectivity index (χ2v) is 5.59. The molecule has 0 spiro atoms. The van der Waals surface area contributed by atoms with Crippen LogP contribution in [0.15, 0.2) is 24.3 Å². The largest absolute Gasteiger partial charge is 0.481 e. The van der Waals surface area contributed by atoms with Crippen molar-refractivity contribution in [3.63, 3.8) is 0 Å².